The fraction of sp³-hybridized carbons (Fsp3) is 0.600. The van der Waals surface area contributed by atoms with E-state index >= 15 is 0 Å². The summed E-state index contributed by atoms with van der Waals surface area (Å²) in [6.07, 6.45) is 3.71. The van der Waals surface area contributed by atoms with Gasteiger partial charge in [-0.3, -0.25) is 0 Å². The number of methoxy groups -OCH3 is 1. The van der Waals surface area contributed by atoms with Gasteiger partial charge in [0.25, 0.3) is 0 Å². The SMILES string of the molecule is COC[C@@H]1[C@@H](c2ccc(Cl)c(Cl)c2)C[C@H]2CC[C@H]1N2.Cl. The Bertz CT molecular complexity index is 468. The third-order valence-electron chi connectivity index (χ3n) is 4.58. The van der Waals surface area contributed by atoms with Gasteiger partial charge in [-0.15, -0.1) is 12.4 Å². The second kappa shape index (κ2) is 6.85. The van der Waals surface area contributed by atoms with Crippen molar-refractivity contribution in [2.75, 3.05) is 13.7 Å². The molecule has 2 fully saturated rings. The molecular weight excluding hydrogens is 317 g/mol. The van der Waals surface area contributed by atoms with Crippen LogP contribution in [0.2, 0.25) is 10.0 Å². The van der Waals surface area contributed by atoms with Gasteiger partial charge >= 0.3 is 0 Å². The lowest BCUT2D eigenvalue weighted by Gasteiger charge is -2.37. The summed E-state index contributed by atoms with van der Waals surface area (Å²) in [5.41, 5.74) is 1.30. The highest BCUT2D eigenvalue weighted by molar-refractivity contribution is 6.42. The van der Waals surface area contributed by atoms with Crippen LogP contribution in [0.1, 0.15) is 30.7 Å². The first-order chi connectivity index (χ1) is 9.19. The molecule has 0 amide bonds. The van der Waals surface area contributed by atoms with E-state index in [1.807, 2.05) is 12.1 Å². The molecular formula is C15H20Cl3NO. The predicted molar refractivity (Wildman–Crippen MR) is 86.4 cm³/mol. The van der Waals surface area contributed by atoms with Crippen LogP contribution in [0.5, 0.6) is 0 Å². The van der Waals surface area contributed by atoms with Crippen LogP contribution < -0.4 is 5.32 Å². The largest absolute Gasteiger partial charge is 0.384 e. The third kappa shape index (κ3) is 3.10. The van der Waals surface area contributed by atoms with Crippen LogP contribution in [-0.4, -0.2) is 25.8 Å². The summed E-state index contributed by atoms with van der Waals surface area (Å²) < 4.78 is 5.44. The first-order valence-electron chi connectivity index (χ1n) is 6.89. The topological polar surface area (TPSA) is 21.3 Å². The van der Waals surface area contributed by atoms with Crippen molar-refractivity contribution in [2.45, 2.75) is 37.3 Å². The smallest absolute Gasteiger partial charge is 0.0595 e. The maximum atomic E-state index is 6.17. The number of hydrogen-bond acceptors (Lipinski definition) is 2. The van der Waals surface area contributed by atoms with Gasteiger partial charge < -0.3 is 10.1 Å². The molecule has 0 aromatic heterocycles. The Morgan fingerprint density at radius 1 is 1.25 bits per heavy atom. The highest BCUT2D eigenvalue weighted by Crippen LogP contribution is 2.42. The number of rotatable bonds is 3. The zero-order chi connectivity index (χ0) is 13.4. The van der Waals surface area contributed by atoms with E-state index in [0.717, 1.165) is 6.61 Å². The molecule has 2 aliphatic heterocycles. The van der Waals surface area contributed by atoms with Crippen LogP contribution >= 0.6 is 35.6 Å². The van der Waals surface area contributed by atoms with Crippen molar-refractivity contribution in [1.82, 2.24) is 5.32 Å². The molecule has 3 rings (SSSR count). The van der Waals surface area contributed by atoms with Crippen LogP contribution in [0.4, 0.5) is 0 Å². The van der Waals surface area contributed by atoms with Crippen molar-refractivity contribution in [3.8, 4) is 0 Å². The Hall–Kier alpha value is 0.01000. The standard InChI is InChI=1S/C15H19Cl2NO.ClH/c1-19-8-12-11(7-10-3-5-15(12)18-10)9-2-4-13(16)14(17)6-9;/h2,4,6,10-12,15,18H,3,5,7-8H2,1H3;1H/t10-,11-,12-,15-;/m1./s1. The van der Waals surface area contributed by atoms with Crippen molar-refractivity contribution in [3.63, 3.8) is 0 Å². The van der Waals surface area contributed by atoms with Crippen molar-refractivity contribution in [2.24, 2.45) is 5.92 Å². The van der Waals surface area contributed by atoms with Gasteiger partial charge in [-0.1, -0.05) is 29.3 Å². The maximum absolute atomic E-state index is 6.17. The number of benzene rings is 1. The first-order valence-corrected chi connectivity index (χ1v) is 7.64. The lowest BCUT2D eigenvalue weighted by atomic mass is 9.77. The molecule has 1 N–H and O–H groups in total. The Morgan fingerprint density at radius 2 is 2.05 bits per heavy atom. The summed E-state index contributed by atoms with van der Waals surface area (Å²) in [5, 5.41) is 5.00. The Morgan fingerprint density at radius 3 is 2.75 bits per heavy atom. The average Bonchev–Trinajstić information content (AvgIpc) is 2.79. The van der Waals surface area contributed by atoms with Crippen molar-refractivity contribution in [1.29, 1.82) is 0 Å². The van der Waals surface area contributed by atoms with Gasteiger partial charge in [0.05, 0.1) is 16.7 Å². The molecule has 5 heteroatoms. The fourth-order valence-electron chi connectivity index (χ4n) is 3.69. The highest BCUT2D eigenvalue weighted by atomic mass is 35.5. The Labute approximate surface area is 136 Å². The minimum absolute atomic E-state index is 0. The second-order valence-corrected chi connectivity index (χ2v) is 6.50. The molecule has 2 heterocycles. The quantitative estimate of drug-likeness (QED) is 0.889. The lowest BCUT2D eigenvalue weighted by molar-refractivity contribution is 0.101. The monoisotopic (exact) mass is 335 g/mol. The molecule has 0 spiro atoms. The van der Waals surface area contributed by atoms with Gasteiger partial charge in [0, 0.05) is 25.1 Å². The summed E-state index contributed by atoms with van der Waals surface area (Å²) in [4.78, 5) is 0. The van der Waals surface area contributed by atoms with E-state index in [1.54, 1.807) is 7.11 Å². The van der Waals surface area contributed by atoms with Gasteiger partial charge in [0.15, 0.2) is 0 Å². The Balaban J connectivity index is 0.00000147. The summed E-state index contributed by atoms with van der Waals surface area (Å²) >= 11 is 12.2. The molecule has 1 aromatic rings. The number of halogens is 3. The minimum atomic E-state index is 0. The first kappa shape index (κ1) is 16.4. The van der Waals surface area contributed by atoms with Crippen LogP contribution in [0.3, 0.4) is 0 Å². The third-order valence-corrected chi connectivity index (χ3v) is 5.32. The van der Waals surface area contributed by atoms with E-state index in [0.29, 0.717) is 34.0 Å². The molecule has 4 atom stereocenters. The number of hydrogen-bond donors (Lipinski definition) is 1. The maximum Gasteiger partial charge on any atom is 0.0595 e. The molecule has 2 aliphatic rings. The van der Waals surface area contributed by atoms with E-state index in [9.17, 15) is 0 Å². The van der Waals surface area contributed by atoms with E-state index in [-0.39, 0.29) is 12.4 Å². The summed E-state index contributed by atoms with van der Waals surface area (Å²) in [5.74, 6) is 1.05. The molecule has 0 aliphatic carbocycles. The molecule has 1 aromatic carbocycles. The summed E-state index contributed by atoms with van der Waals surface area (Å²) in [6.45, 7) is 0.801. The highest BCUT2D eigenvalue weighted by Gasteiger charge is 2.41. The van der Waals surface area contributed by atoms with Gasteiger partial charge in [0.1, 0.15) is 0 Å². The van der Waals surface area contributed by atoms with Crippen molar-refractivity contribution < 1.29 is 4.74 Å². The minimum Gasteiger partial charge on any atom is -0.384 e. The van der Waals surface area contributed by atoms with Crippen LogP contribution in [0.25, 0.3) is 0 Å². The van der Waals surface area contributed by atoms with Crippen molar-refractivity contribution in [3.05, 3.63) is 33.8 Å². The molecule has 112 valence electrons. The molecule has 2 nitrogen and oxygen atoms in total. The second-order valence-electron chi connectivity index (χ2n) is 5.68. The average molecular weight is 337 g/mol. The van der Waals surface area contributed by atoms with Gasteiger partial charge in [-0.2, -0.15) is 0 Å². The fourth-order valence-corrected chi connectivity index (χ4v) is 3.99. The summed E-state index contributed by atoms with van der Waals surface area (Å²) in [7, 11) is 1.78. The molecule has 2 saturated heterocycles. The zero-order valence-electron chi connectivity index (χ0n) is 11.4. The van der Waals surface area contributed by atoms with E-state index in [4.69, 9.17) is 27.9 Å². The summed E-state index contributed by atoms with van der Waals surface area (Å²) in [6, 6.07) is 7.29. The van der Waals surface area contributed by atoms with Crippen molar-refractivity contribution >= 4 is 35.6 Å². The van der Waals surface area contributed by atoms with E-state index in [2.05, 4.69) is 11.4 Å². The van der Waals surface area contributed by atoms with Crippen LogP contribution in [0.15, 0.2) is 18.2 Å². The lowest BCUT2D eigenvalue weighted by Crippen LogP contribution is -2.46. The van der Waals surface area contributed by atoms with Crippen LogP contribution in [-0.2, 0) is 4.74 Å². The van der Waals surface area contributed by atoms with Gasteiger partial charge in [-0.25, -0.2) is 0 Å². The zero-order valence-corrected chi connectivity index (χ0v) is 13.8. The van der Waals surface area contributed by atoms with E-state index < -0.39 is 0 Å². The number of ether oxygens (including phenoxy) is 1. The number of piperidine rings is 1. The molecule has 0 saturated carbocycles. The number of nitrogens with one attached hydrogen (secondary N) is 1. The molecule has 0 unspecified atom stereocenters. The molecule has 2 bridgehead atoms. The number of fused-ring (bicyclic) bond motifs is 2. The predicted octanol–water partition coefficient (Wildman–Crippen LogP) is 4.29. The molecule has 20 heavy (non-hydrogen) atoms. The molecule has 0 radical (unpaired) electrons. The Kier molecular flexibility index (Phi) is 5.61. The van der Waals surface area contributed by atoms with Gasteiger partial charge in [-0.05, 0) is 42.9 Å². The normalized spacial score (nSPS) is 31.9. The van der Waals surface area contributed by atoms with Crippen LogP contribution in [0, 0.1) is 5.92 Å². The van der Waals surface area contributed by atoms with Gasteiger partial charge in [0.2, 0.25) is 0 Å². The van der Waals surface area contributed by atoms with E-state index in [1.165, 1.54) is 24.8 Å².